The van der Waals surface area contributed by atoms with E-state index in [1.54, 1.807) is 25.1 Å². The summed E-state index contributed by atoms with van der Waals surface area (Å²) in [5.41, 5.74) is 4.82. The van der Waals surface area contributed by atoms with Crippen LogP contribution in [0.15, 0.2) is 36.4 Å². The number of carbonyl (C=O) groups excluding carboxylic acids is 1. The maximum atomic E-state index is 12.2. The van der Waals surface area contributed by atoms with Crippen LogP contribution in [0.25, 0.3) is 0 Å². The molecule has 0 atom stereocenters. The number of fused-ring (bicyclic) bond motifs is 1. The lowest BCUT2D eigenvalue weighted by molar-refractivity contribution is 0.102. The van der Waals surface area contributed by atoms with Crippen molar-refractivity contribution in [3.05, 3.63) is 58.7 Å². The van der Waals surface area contributed by atoms with Crippen LogP contribution in [0.3, 0.4) is 0 Å². The molecule has 0 fully saturated rings. The van der Waals surface area contributed by atoms with Gasteiger partial charge in [0.2, 0.25) is 0 Å². The number of benzene rings is 2. The van der Waals surface area contributed by atoms with Crippen LogP contribution in [0.4, 0.5) is 5.69 Å². The molecule has 2 aromatic rings. The Morgan fingerprint density at radius 3 is 2.70 bits per heavy atom. The van der Waals surface area contributed by atoms with E-state index < -0.39 is 0 Å². The Hall–Kier alpha value is -2.29. The minimum absolute atomic E-state index is 0.147. The Bertz CT molecular complexity index is 677. The minimum atomic E-state index is -0.147. The second-order valence-corrected chi connectivity index (χ2v) is 5.29. The summed E-state index contributed by atoms with van der Waals surface area (Å²) in [5.74, 6) is 0.0603. The van der Waals surface area contributed by atoms with Crippen LogP contribution < -0.4 is 5.32 Å². The van der Waals surface area contributed by atoms with Crippen LogP contribution in [0.1, 0.15) is 33.5 Å². The van der Waals surface area contributed by atoms with Gasteiger partial charge in [-0.25, -0.2) is 0 Å². The van der Waals surface area contributed by atoms with E-state index in [4.69, 9.17) is 0 Å². The molecule has 3 rings (SSSR count). The molecule has 1 aliphatic carbocycles. The number of nitrogens with one attached hydrogen (secondary N) is 1. The van der Waals surface area contributed by atoms with Gasteiger partial charge in [-0.15, -0.1) is 0 Å². The van der Waals surface area contributed by atoms with Crippen molar-refractivity contribution < 1.29 is 9.90 Å². The summed E-state index contributed by atoms with van der Waals surface area (Å²) < 4.78 is 0. The second-order valence-electron chi connectivity index (χ2n) is 5.29. The van der Waals surface area contributed by atoms with Gasteiger partial charge < -0.3 is 10.4 Å². The van der Waals surface area contributed by atoms with E-state index >= 15 is 0 Å². The third-order valence-corrected chi connectivity index (χ3v) is 3.82. The van der Waals surface area contributed by atoms with Crippen molar-refractivity contribution in [3.8, 4) is 5.75 Å². The third-order valence-electron chi connectivity index (χ3n) is 3.82. The zero-order valence-electron chi connectivity index (χ0n) is 11.4. The molecule has 0 radical (unpaired) electrons. The number of amides is 1. The SMILES string of the molecule is Cc1cc(C(=O)Nc2ccc3c(c2)CCC3)ccc1O. The molecule has 1 aliphatic rings. The van der Waals surface area contributed by atoms with E-state index in [2.05, 4.69) is 17.4 Å². The van der Waals surface area contributed by atoms with Crippen LogP contribution in [-0.2, 0) is 12.8 Å². The van der Waals surface area contributed by atoms with E-state index in [1.165, 1.54) is 17.5 Å². The highest BCUT2D eigenvalue weighted by molar-refractivity contribution is 6.04. The second kappa shape index (κ2) is 5.00. The lowest BCUT2D eigenvalue weighted by Crippen LogP contribution is -2.12. The monoisotopic (exact) mass is 267 g/mol. The quantitative estimate of drug-likeness (QED) is 0.875. The van der Waals surface area contributed by atoms with Crippen molar-refractivity contribution in [3.63, 3.8) is 0 Å². The van der Waals surface area contributed by atoms with Crippen LogP contribution in [0.5, 0.6) is 5.75 Å². The van der Waals surface area contributed by atoms with Crippen molar-refractivity contribution in [1.29, 1.82) is 0 Å². The zero-order valence-corrected chi connectivity index (χ0v) is 11.4. The molecule has 0 spiro atoms. The first-order valence-electron chi connectivity index (χ1n) is 6.86. The van der Waals surface area contributed by atoms with Crippen molar-refractivity contribution in [2.75, 3.05) is 5.32 Å². The Morgan fingerprint density at radius 1 is 1.10 bits per heavy atom. The number of hydrogen-bond acceptors (Lipinski definition) is 2. The maximum Gasteiger partial charge on any atom is 0.255 e. The molecular weight excluding hydrogens is 250 g/mol. The predicted octanol–water partition coefficient (Wildman–Crippen LogP) is 3.44. The maximum absolute atomic E-state index is 12.2. The Labute approximate surface area is 118 Å². The summed E-state index contributed by atoms with van der Waals surface area (Å²) >= 11 is 0. The van der Waals surface area contributed by atoms with Gasteiger partial charge in [-0.2, -0.15) is 0 Å². The van der Waals surface area contributed by atoms with Crippen LogP contribution >= 0.6 is 0 Å². The molecule has 0 aliphatic heterocycles. The molecule has 1 amide bonds. The highest BCUT2D eigenvalue weighted by Crippen LogP contribution is 2.25. The standard InChI is InChI=1S/C17H17NO2/c1-11-9-14(6-8-16(11)19)17(20)18-15-7-5-12-3-2-4-13(12)10-15/h5-10,19H,2-4H2,1H3,(H,18,20). The smallest absolute Gasteiger partial charge is 0.255 e. The first-order chi connectivity index (χ1) is 9.63. The molecule has 0 heterocycles. The molecule has 0 saturated carbocycles. The van der Waals surface area contributed by atoms with E-state index in [1.807, 2.05) is 6.07 Å². The number of carbonyl (C=O) groups is 1. The highest BCUT2D eigenvalue weighted by Gasteiger charge is 2.13. The molecule has 3 heteroatoms. The summed E-state index contributed by atoms with van der Waals surface area (Å²) in [5, 5.41) is 12.4. The van der Waals surface area contributed by atoms with Crippen LogP contribution in [-0.4, -0.2) is 11.0 Å². The molecule has 0 saturated heterocycles. The van der Waals surface area contributed by atoms with Crippen molar-refractivity contribution in [2.45, 2.75) is 26.2 Å². The number of phenolic OH excluding ortho intramolecular Hbond substituents is 1. The summed E-state index contributed by atoms with van der Waals surface area (Å²) in [4.78, 5) is 12.2. The fraction of sp³-hybridized carbons (Fsp3) is 0.235. The molecule has 0 bridgehead atoms. The molecule has 0 unspecified atom stereocenters. The minimum Gasteiger partial charge on any atom is -0.508 e. The predicted molar refractivity (Wildman–Crippen MR) is 79.3 cm³/mol. The van der Waals surface area contributed by atoms with Gasteiger partial charge in [0.05, 0.1) is 0 Å². The van der Waals surface area contributed by atoms with Gasteiger partial charge in [-0.3, -0.25) is 4.79 Å². The van der Waals surface area contributed by atoms with Gasteiger partial charge >= 0.3 is 0 Å². The van der Waals surface area contributed by atoms with Crippen molar-refractivity contribution in [2.24, 2.45) is 0 Å². The first-order valence-corrected chi connectivity index (χ1v) is 6.86. The largest absolute Gasteiger partial charge is 0.508 e. The lowest BCUT2D eigenvalue weighted by atomic mass is 10.1. The summed E-state index contributed by atoms with van der Waals surface area (Å²) in [6, 6.07) is 11.0. The topological polar surface area (TPSA) is 49.3 Å². The van der Waals surface area contributed by atoms with E-state index in [9.17, 15) is 9.90 Å². The first kappa shape index (κ1) is 12.7. The average molecular weight is 267 g/mol. The van der Waals surface area contributed by atoms with Crippen LogP contribution in [0.2, 0.25) is 0 Å². The van der Waals surface area contributed by atoms with E-state index in [0.29, 0.717) is 11.1 Å². The lowest BCUT2D eigenvalue weighted by Gasteiger charge is -2.08. The molecule has 20 heavy (non-hydrogen) atoms. The number of phenols is 1. The van der Waals surface area contributed by atoms with Crippen molar-refractivity contribution in [1.82, 2.24) is 0 Å². The molecular formula is C17H17NO2. The van der Waals surface area contributed by atoms with Gasteiger partial charge in [0.25, 0.3) is 5.91 Å². The Morgan fingerprint density at radius 2 is 1.90 bits per heavy atom. The Kier molecular flexibility index (Phi) is 3.18. The molecule has 102 valence electrons. The summed E-state index contributed by atoms with van der Waals surface area (Å²) in [6.07, 6.45) is 3.43. The van der Waals surface area contributed by atoms with E-state index in [0.717, 1.165) is 18.5 Å². The number of aryl methyl sites for hydroxylation is 3. The van der Waals surface area contributed by atoms with E-state index in [-0.39, 0.29) is 11.7 Å². The average Bonchev–Trinajstić information content (AvgIpc) is 2.89. The summed E-state index contributed by atoms with van der Waals surface area (Å²) in [6.45, 7) is 1.78. The number of hydrogen-bond donors (Lipinski definition) is 2. The highest BCUT2D eigenvalue weighted by atomic mass is 16.3. The van der Waals surface area contributed by atoms with Gasteiger partial charge in [0.15, 0.2) is 0 Å². The molecule has 3 nitrogen and oxygen atoms in total. The Balaban J connectivity index is 1.80. The van der Waals surface area contributed by atoms with Crippen molar-refractivity contribution >= 4 is 11.6 Å². The molecule has 2 N–H and O–H groups in total. The normalized spacial score (nSPS) is 13.1. The number of anilines is 1. The van der Waals surface area contributed by atoms with Gasteiger partial charge in [0, 0.05) is 11.3 Å². The fourth-order valence-electron chi connectivity index (χ4n) is 2.65. The number of rotatable bonds is 2. The van der Waals surface area contributed by atoms with Crippen LogP contribution in [0, 0.1) is 6.92 Å². The summed E-state index contributed by atoms with van der Waals surface area (Å²) in [7, 11) is 0. The molecule has 0 aromatic heterocycles. The third kappa shape index (κ3) is 2.39. The van der Waals surface area contributed by atoms with Gasteiger partial charge in [-0.05, 0) is 73.2 Å². The van der Waals surface area contributed by atoms with Gasteiger partial charge in [-0.1, -0.05) is 6.07 Å². The fourth-order valence-corrected chi connectivity index (χ4v) is 2.65. The zero-order chi connectivity index (χ0) is 14.1. The molecule has 2 aromatic carbocycles. The van der Waals surface area contributed by atoms with Gasteiger partial charge in [0.1, 0.15) is 5.75 Å². The number of aromatic hydroxyl groups is 1.